The molecule has 1 aromatic heterocycles. The molecule has 158 valence electrons. The van der Waals surface area contributed by atoms with Crippen LogP contribution in [0.2, 0.25) is 0 Å². The number of esters is 1. The van der Waals surface area contributed by atoms with Crippen LogP contribution in [0, 0.1) is 0 Å². The largest absolute Gasteiger partial charge is 0.454 e. The highest BCUT2D eigenvalue weighted by atomic mass is 32.1. The monoisotopic (exact) mass is 432 g/mol. The molecule has 1 saturated heterocycles. The average Bonchev–Trinajstić information content (AvgIpc) is 3.32. The summed E-state index contributed by atoms with van der Waals surface area (Å²) in [6, 6.07) is 19.4. The maximum atomic E-state index is 13.1. The number of ether oxygens (including phenoxy) is 1. The minimum Gasteiger partial charge on any atom is -0.454 e. The number of hydrogen-bond donors (Lipinski definition) is 0. The minimum atomic E-state index is -0.323. The minimum absolute atomic E-state index is 0.0359. The van der Waals surface area contributed by atoms with Gasteiger partial charge in [0.1, 0.15) is 6.10 Å². The SMILES string of the molecule is O=C1OC(c2ccccc2)Cc2cc(C(=O)N3CCN(Cc4cccs4)CC3)ccc21. The molecule has 1 atom stereocenters. The van der Waals surface area contributed by atoms with E-state index in [0.29, 0.717) is 17.5 Å². The molecule has 1 fully saturated rings. The average molecular weight is 433 g/mol. The van der Waals surface area contributed by atoms with Crippen LogP contribution in [0.15, 0.2) is 66.0 Å². The number of amides is 1. The van der Waals surface area contributed by atoms with E-state index in [9.17, 15) is 9.59 Å². The van der Waals surface area contributed by atoms with Crippen LogP contribution >= 0.6 is 11.3 Å². The number of carbonyl (C=O) groups excluding carboxylic acids is 2. The van der Waals surface area contributed by atoms with Gasteiger partial charge in [-0.25, -0.2) is 4.79 Å². The Morgan fingerprint density at radius 1 is 1.00 bits per heavy atom. The summed E-state index contributed by atoms with van der Waals surface area (Å²) < 4.78 is 5.63. The Kier molecular flexibility index (Phi) is 5.57. The van der Waals surface area contributed by atoms with E-state index in [1.54, 1.807) is 23.5 Å². The lowest BCUT2D eigenvalue weighted by atomic mass is 9.93. The van der Waals surface area contributed by atoms with Crippen LogP contribution in [-0.4, -0.2) is 47.9 Å². The number of benzene rings is 2. The van der Waals surface area contributed by atoms with E-state index in [4.69, 9.17) is 4.74 Å². The van der Waals surface area contributed by atoms with E-state index in [-0.39, 0.29) is 18.0 Å². The predicted molar refractivity (Wildman–Crippen MR) is 120 cm³/mol. The number of hydrogen-bond acceptors (Lipinski definition) is 5. The quantitative estimate of drug-likeness (QED) is 0.581. The zero-order valence-corrected chi connectivity index (χ0v) is 18.0. The van der Waals surface area contributed by atoms with E-state index in [1.165, 1.54) is 4.88 Å². The summed E-state index contributed by atoms with van der Waals surface area (Å²) in [6.07, 6.45) is 0.271. The van der Waals surface area contributed by atoms with Gasteiger partial charge in [0.05, 0.1) is 5.56 Å². The van der Waals surface area contributed by atoms with Crippen LogP contribution in [0.4, 0.5) is 0 Å². The third-order valence-electron chi connectivity index (χ3n) is 6.02. The Bertz CT molecular complexity index is 1070. The highest BCUT2D eigenvalue weighted by Crippen LogP contribution is 2.31. The van der Waals surface area contributed by atoms with Crippen molar-refractivity contribution in [1.29, 1.82) is 0 Å². The van der Waals surface area contributed by atoms with Crippen molar-refractivity contribution in [2.45, 2.75) is 19.1 Å². The van der Waals surface area contributed by atoms with Gasteiger partial charge in [-0.05, 0) is 40.8 Å². The lowest BCUT2D eigenvalue weighted by Crippen LogP contribution is -2.48. The molecule has 0 bridgehead atoms. The summed E-state index contributed by atoms with van der Waals surface area (Å²) in [6.45, 7) is 4.13. The lowest BCUT2D eigenvalue weighted by molar-refractivity contribution is 0.0252. The molecule has 1 unspecified atom stereocenters. The Morgan fingerprint density at radius 3 is 2.55 bits per heavy atom. The molecule has 0 spiro atoms. The van der Waals surface area contributed by atoms with Crippen LogP contribution in [0.1, 0.15) is 42.8 Å². The number of thiophene rings is 1. The number of nitrogens with zero attached hydrogens (tertiary/aromatic N) is 2. The van der Waals surface area contributed by atoms with Crippen LogP contribution in [0.25, 0.3) is 0 Å². The molecule has 0 radical (unpaired) electrons. The van der Waals surface area contributed by atoms with Crippen LogP contribution in [0.3, 0.4) is 0 Å². The fraction of sp³-hybridized carbons (Fsp3) is 0.280. The summed E-state index contributed by atoms with van der Waals surface area (Å²) in [5, 5.41) is 2.10. The van der Waals surface area contributed by atoms with Gasteiger partial charge in [0, 0.05) is 49.6 Å². The third kappa shape index (κ3) is 4.27. The van der Waals surface area contributed by atoms with Crippen molar-refractivity contribution in [2.75, 3.05) is 26.2 Å². The van der Waals surface area contributed by atoms with Crippen molar-refractivity contribution >= 4 is 23.2 Å². The predicted octanol–water partition coefficient (Wildman–Crippen LogP) is 4.16. The molecule has 2 aliphatic rings. The number of piperazine rings is 1. The maximum Gasteiger partial charge on any atom is 0.339 e. The summed E-state index contributed by atoms with van der Waals surface area (Å²) in [7, 11) is 0. The van der Waals surface area contributed by atoms with Crippen molar-refractivity contribution in [2.24, 2.45) is 0 Å². The second-order valence-electron chi connectivity index (χ2n) is 8.03. The first kappa shape index (κ1) is 20.0. The molecule has 0 N–H and O–H groups in total. The van der Waals surface area contributed by atoms with E-state index in [2.05, 4.69) is 22.4 Å². The van der Waals surface area contributed by atoms with Crippen molar-refractivity contribution in [3.05, 3.63) is 93.2 Å². The molecule has 5 nitrogen and oxygen atoms in total. The van der Waals surface area contributed by atoms with E-state index < -0.39 is 0 Å². The molecule has 3 aromatic rings. The Labute approximate surface area is 185 Å². The standard InChI is InChI=1S/C25H24N2O3S/c28-24(27-12-10-26(11-13-27)17-21-7-4-14-31-21)19-8-9-22-20(15-19)16-23(30-25(22)29)18-5-2-1-3-6-18/h1-9,14-15,23H,10-13,16-17H2. The Balaban J connectivity index is 1.27. The first-order valence-corrected chi connectivity index (χ1v) is 11.5. The number of rotatable bonds is 4. The smallest absolute Gasteiger partial charge is 0.339 e. The van der Waals surface area contributed by atoms with Crippen molar-refractivity contribution in [3.8, 4) is 0 Å². The van der Waals surface area contributed by atoms with Gasteiger partial charge in [0.15, 0.2) is 0 Å². The highest BCUT2D eigenvalue weighted by Gasteiger charge is 2.29. The molecular weight excluding hydrogens is 408 g/mol. The molecule has 3 heterocycles. The molecule has 6 heteroatoms. The summed E-state index contributed by atoms with van der Waals surface area (Å²) in [4.78, 5) is 31.3. The van der Waals surface area contributed by atoms with Crippen molar-refractivity contribution < 1.29 is 14.3 Å². The van der Waals surface area contributed by atoms with Crippen molar-refractivity contribution in [3.63, 3.8) is 0 Å². The highest BCUT2D eigenvalue weighted by molar-refractivity contribution is 7.09. The maximum absolute atomic E-state index is 13.1. The van der Waals surface area contributed by atoms with Gasteiger partial charge in [0.25, 0.3) is 5.91 Å². The molecule has 2 aromatic carbocycles. The molecule has 31 heavy (non-hydrogen) atoms. The fourth-order valence-electron chi connectivity index (χ4n) is 4.30. The van der Waals surface area contributed by atoms with Gasteiger partial charge in [-0.15, -0.1) is 11.3 Å². The fourth-order valence-corrected chi connectivity index (χ4v) is 5.04. The summed E-state index contributed by atoms with van der Waals surface area (Å²) in [5.74, 6) is -0.287. The van der Waals surface area contributed by atoms with Gasteiger partial charge in [-0.1, -0.05) is 36.4 Å². The topological polar surface area (TPSA) is 49.9 Å². The van der Waals surface area contributed by atoms with Crippen LogP contribution in [-0.2, 0) is 17.7 Å². The zero-order valence-electron chi connectivity index (χ0n) is 17.2. The second kappa shape index (κ2) is 8.65. The van der Waals surface area contributed by atoms with Gasteiger partial charge < -0.3 is 9.64 Å². The normalized spacial score (nSPS) is 19.0. The molecule has 0 aliphatic carbocycles. The van der Waals surface area contributed by atoms with Gasteiger partial charge in [-0.3, -0.25) is 9.69 Å². The van der Waals surface area contributed by atoms with E-state index in [0.717, 1.165) is 43.9 Å². The molecule has 2 aliphatic heterocycles. The van der Waals surface area contributed by atoms with Crippen LogP contribution in [0.5, 0.6) is 0 Å². The Hall–Kier alpha value is -2.96. The summed E-state index contributed by atoms with van der Waals surface area (Å²) in [5.41, 5.74) is 3.06. The number of carbonyl (C=O) groups is 2. The van der Waals surface area contributed by atoms with Gasteiger partial charge in [-0.2, -0.15) is 0 Å². The first-order chi connectivity index (χ1) is 15.2. The zero-order chi connectivity index (χ0) is 21.2. The second-order valence-corrected chi connectivity index (χ2v) is 9.06. The number of cyclic esters (lactones) is 1. The lowest BCUT2D eigenvalue weighted by Gasteiger charge is -2.34. The van der Waals surface area contributed by atoms with Crippen LogP contribution < -0.4 is 0 Å². The Morgan fingerprint density at radius 2 is 1.81 bits per heavy atom. The van der Waals surface area contributed by atoms with Crippen molar-refractivity contribution in [1.82, 2.24) is 9.80 Å². The molecule has 5 rings (SSSR count). The molecule has 1 amide bonds. The first-order valence-electron chi connectivity index (χ1n) is 10.6. The van der Waals surface area contributed by atoms with Gasteiger partial charge in [0.2, 0.25) is 0 Å². The molecular formula is C25H24N2O3S. The van der Waals surface area contributed by atoms with E-state index in [1.807, 2.05) is 41.3 Å². The summed E-state index contributed by atoms with van der Waals surface area (Å²) >= 11 is 1.77. The number of fused-ring (bicyclic) bond motifs is 1. The van der Waals surface area contributed by atoms with Gasteiger partial charge >= 0.3 is 5.97 Å². The van der Waals surface area contributed by atoms with E-state index >= 15 is 0 Å². The third-order valence-corrected chi connectivity index (χ3v) is 6.88. The molecule has 0 saturated carbocycles.